The van der Waals surface area contributed by atoms with E-state index in [1.165, 1.54) is 0 Å². The zero-order chi connectivity index (χ0) is 12.7. The molecule has 0 heterocycles. The molecule has 0 spiro atoms. The van der Waals surface area contributed by atoms with Gasteiger partial charge < -0.3 is 9.84 Å². The van der Waals surface area contributed by atoms with Crippen molar-refractivity contribution >= 4 is 15.9 Å². The van der Waals surface area contributed by atoms with Gasteiger partial charge in [-0.3, -0.25) is 4.90 Å². The van der Waals surface area contributed by atoms with Crippen LogP contribution in [-0.4, -0.2) is 36.8 Å². The first kappa shape index (κ1) is 14.2. The Labute approximate surface area is 111 Å². The summed E-state index contributed by atoms with van der Waals surface area (Å²) in [6.45, 7) is 6.01. The molecule has 0 saturated heterocycles. The number of nitrogens with zero attached hydrogens (tertiary/aromatic N) is 1. The summed E-state index contributed by atoms with van der Waals surface area (Å²) in [5, 5.41) is 9.04. The summed E-state index contributed by atoms with van der Waals surface area (Å²) in [7, 11) is 1.67. The van der Waals surface area contributed by atoms with Crippen LogP contribution in [0.3, 0.4) is 0 Å². The highest BCUT2D eigenvalue weighted by Crippen LogP contribution is 2.19. The molecule has 0 aliphatic carbocycles. The van der Waals surface area contributed by atoms with Gasteiger partial charge in [0.1, 0.15) is 5.75 Å². The van der Waals surface area contributed by atoms with Gasteiger partial charge in [0.15, 0.2) is 0 Å². The van der Waals surface area contributed by atoms with Crippen LogP contribution < -0.4 is 4.74 Å². The third-order valence-electron chi connectivity index (χ3n) is 2.40. The van der Waals surface area contributed by atoms with Gasteiger partial charge in [-0.15, -0.1) is 0 Å². The van der Waals surface area contributed by atoms with E-state index in [1.54, 1.807) is 7.11 Å². The van der Waals surface area contributed by atoms with Crippen LogP contribution in [0.25, 0.3) is 0 Å². The van der Waals surface area contributed by atoms with Gasteiger partial charge in [0.25, 0.3) is 0 Å². The van der Waals surface area contributed by atoms with E-state index in [2.05, 4.69) is 27.4 Å². The number of rotatable bonds is 7. The van der Waals surface area contributed by atoms with Crippen molar-refractivity contribution in [1.82, 2.24) is 4.90 Å². The van der Waals surface area contributed by atoms with Gasteiger partial charge in [-0.1, -0.05) is 40.7 Å². The number of ether oxygens (including phenoxy) is 1. The van der Waals surface area contributed by atoms with Gasteiger partial charge in [-0.25, -0.2) is 0 Å². The van der Waals surface area contributed by atoms with Gasteiger partial charge in [-0.05, 0) is 6.07 Å². The molecule has 0 fully saturated rings. The highest BCUT2D eigenvalue weighted by molar-refractivity contribution is 9.11. The van der Waals surface area contributed by atoms with Gasteiger partial charge in [0.05, 0.1) is 13.7 Å². The number of halogens is 1. The lowest BCUT2D eigenvalue weighted by Gasteiger charge is -2.21. The zero-order valence-electron chi connectivity index (χ0n) is 10.0. The number of benzene rings is 1. The van der Waals surface area contributed by atoms with Gasteiger partial charge in [-0.2, -0.15) is 0 Å². The van der Waals surface area contributed by atoms with Crippen molar-refractivity contribution in [3.63, 3.8) is 0 Å². The molecule has 0 bridgehead atoms. The third-order valence-corrected chi connectivity index (χ3v) is 2.65. The fourth-order valence-electron chi connectivity index (χ4n) is 1.67. The normalized spacial score (nSPS) is 10.6. The lowest BCUT2D eigenvalue weighted by molar-refractivity contribution is 0.201. The molecule has 0 aliphatic rings. The SMILES string of the molecule is C=C(Br)CN(CCO)Cc1ccccc1OC. The number of aliphatic hydroxyl groups excluding tert-OH is 1. The van der Waals surface area contributed by atoms with Crippen molar-refractivity contribution in [2.45, 2.75) is 6.54 Å². The van der Waals surface area contributed by atoms with Crippen molar-refractivity contribution < 1.29 is 9.84 Å². The Kier molecular flexibility index (Phi) is 6.26. The van der Waals surface area contributed by atoms with E-state index in [-0.39, 0.29) is 6.61 Å². The van der Waals surface area contributed by atoms with Crippen LogP contribution in [-0.2, 0) is 6.54 Å². The Morgan fingerprint density at radius 1 is 1.47 bits per heavy atom. The first-order chi connectivity index (χ1) is 8.17. The maximum Gasteiger partial charge on any atom is 0.123 e. The Morgan fingerprint density at radius 3 is 2.76 bits per heavy atom. The topological polar surface area (TPSA) is 32.7 Å². The van der Waals surface area contributed by atoms with Gasteiger partial charge >= 0.3 is 0 Å². The summed E-state index contributed by atoms with van der Waals surface area (Å²) in [6, 6.07) is 7.90. The number of methoxy groups -OCH3 is 1. The van der Waals surface area contributed by atoms with Crippen molar-refractivity contribution in [2.24, 2.45) is 0 Å². The molecule has 0 radical (unpaired) electrons. The molecular weight excluding hydrogens is 282 g/mol. The average Bonchev–Trinajstić information content (AvgIpc) is 2.29. The van der Waals surface area contributed by atoms with E-state index in [1.807, 2.05) is 24.3 Å². The van der Waals surface area contributed by atoms with E-state index in [4.69, 9.17) is 9.84 Å². The molecule has 0 saturated carbocycles. The molecule has 0 atom stereocenters. The summed E-state index contributed by atoms with van der Waals surface area (Å²) in [4.78, 5) is 2.11. The van der Waals surface area contributed by atoms with Crippen molar-refractivity contribution in [3.8, 4) is 5.75 Å². The average molecular weight is 300 g/mol. The quantitative estimate of drug-likeness (QED) is 0.839. The predicted molar refractivity (Wildman–Crippen MR) is 73.4 cm³/mol. The maximum atomic E-state index is 9.04. The number of hydrogen-bond acceptors (Lipinski definition) is 3. The lowest BCUT2D eigenvalue weighted by Crippen LogP contribution is -2.27. The fraction of sp³-hybridized carbons (Fsp3) is 0.385. The minimum absolute atomic E-state index is 0.134. The smallest absolute Gasteiger partial charge is 0.123 e. The molecule has 3 nitrogen and oxygen atoms in total. The van der Waals surface area contributed by atoms with E-state index in [0.717, 1.165) is 22.3 Å². The van der Waals surface area contributed by atoms with Crippen molar-refractivity contribution in [1.29, 1.82) is 0 Å². The maximum absolute atomic E-state index is 9.04. The standard InChI is InChI=1S/C13H18BrNO2/c1-11(14)9-15(7-8-16)10-12-5-3-4-6-13(12)17-2/h3-6,16H,1,7-10H2,2H3. The molecule has 1 aromatic rings. The van der Waals surface area contributed by atoms with E-state index < -0.39 is 0 Å². The van der Waals surface area contributed by atoms with Crippen LogP contribution in [0.15, 0.2) is 35.3 Å². The Bertz CT molecular complexity index is 368. The van der Waals surface area contributed by atoms with Crippen LogP contribution in [0, 0.1) is 0 Å². The molecule has 0 aliphatic heterocycles. The van der Waals surface area contributed by atoms with E-state index in [0.29, 0.717) is 13.1 Å². The molecule has 1 rings (SSSR count). The second-order valence-electron chi connectivity index (χ2n) is 3.76. The summed E-state index contributed by atoms with van der Waals surface area (Å²) >= 11 is 3.34. The first-order valence-corrected chi connectivity index (χ1v) is 6.25. The highest BCUT2D eigenvalue weighted by atomic mass is 79.9. The number of hydrogen-bond donors (Lipinski definition) is 1. The lowest BCUT2D eigenvalue weighted by atomic mass is 10.2. The van der Waals surface area contributed by atoms with Crippen LogP contribution in [0.4, 0.5) is 0 Å². The zero-order valence-corrected chi connectivity index (χ0v) is 11.6. The van der Waals surface area contributed by atoms with Crippen LogP contribution in [0.2, 0.25) is 0 Å². The highest BCUT2D eigenvalue weighted by Gasteiger charge is 2.09. The number of aliphatic hydroxyl groups is 1. The van der Waals surface area contributed by atoms with E-state index in [9.17, 15) is 0 Å². The number of para-hydroxylation sites is 1. The second-order valence-corrected chi connectivity index (χ2v) is 4.88. The molecule has 0 aromatic heterocycles. The minimum atomic E-state index is 0.134. The monoisotopic (exact) mass is 299 g/mol. The molecule has 17 heavy (non-hydrogen) atoms. The molecule has 0 amide bonds. The van der Waals surface area contributed by atoms with Crippen LogP contribution in [0.1, 0.15) is 5.56 Å². The van der Waals surface area contributed by atoms with Crippen LogP contribution >= 0.6 is 15.9 Å². The molecular formula is C13H18BrNO2. The van der Waals surface area contributed by atoms with Crippen molar-refractivity contribution in [3.05, 3.63) is 40.9 Å². The summed E-state index contributed by atoms with van der Waals surface area (Å²) < 4.78 is 6.21. The summed E-state index contributed by atoms with van der Waals surface area (Å²) in [6.07, 6.45) is 0. The first-order valence-electron chi connectivity index (χ1n) is 5.45. The Hall–Kier alpha value is -0.840. The summed E-state index contributed by atoms with van der Waals surface area (Å²) in [5.74, 6) is 0.871. The van der Waals surface area contributed by atoms with Gasteiger partial charge in [0.2, 0.25) is 0 Å². The molecule has 1 aromatic carbocycles. The Morgan fingerprint density at radius 2 is 2.18 bits per heavy atom. The third kappa shape index (κ3) is 4.89. The minimum Gasteiger partial charge on any atom is -0.496 e. The second kappa shape index (κ2) is 7.48. The molecule has 0 unspecified atom stereocenters. The molecule has 4 heteroatoms. The molecule has 94 valence electrons. The predicted octanol–water partition coefficient (Wildman–Crippen LogP) is 2.40. The van der Waals surface area contributed by atoms with Gasteiger partial charge in [0, 0.05) is 29.7 Å². The molecule has 1 N–H and O–H groups in total. The summed E-state index contributed by atoms with van der Waals surface area (Å²) in [5.41, 5.74) is 1.11. The van der Waals surface area contributed by atoms with Crippen molar-refractivity contribution in [2.75, 3.05) is 26.8 Å². The largest absolute Gasteiger partial charge is 0.496 e. The fourth-order valence-corrected chi connectivity index (χ4v) is 2.03. The Balaban J connectivity index is 2.74. The van der Waals surface area contributed by atoms with E-state index >= 15 is 0 Å². The van der Waals surface area contributed by atoms with Crippen LogP contribution in [0.5, 0.6) is 5.75 Å².